The number of hydrogen-bond donors (Lipinski definition) is 4. The average molecular weight is 173 g/mol. The van der Waals surface area contributed by atoms with Crippen molar-refractivity contribution in [1.29, 1.82) is 0 Å². The van der Waals surface area contributed by atoms with Gasteiger partial charge in [-0.2, -0.15) is 0 Å². The fourth-order valence-electron chi connectivity index (χ4n) is 1.33. The van der Waals surface area contributed by atoms with Crippen molar-refractivity contribution in [2.45, 2.75) is 25.0 Å². The van der Waals surface area contributed by atoms with Crippen LogP contribution in [0.25, 0.3) is 0 Å². The standard InChI is InChI=1S/C8H15NO3/c10-5-6(11)4-7-8(12)2-1-3-9-7/h4,7-12H,1-3,5H2/b6-4-/t7-,8-/m1/s1. The van der Waals surface area contributed by atoms with Gasteiger partial charge >= 0.3 is 0 Å². The van der Waals surface area contributed by atoms with Crippen LogP contribution in [0.4, 0.5) is 0 Å². The third-order valence-corrected chi connectivity index (χ3v) is 2.01. The predicted octanol–water partition coefficient (Wildman–Crippen LogP) is -0.467. The molecular formula is C8H15NO3. The highest BCUT2D eigenvalue weighted by molar-refractivity contribution is 5.03. The second kappa shape index (κ2) is 4.45. The predicted molar refractivity (Wildman–Crippen MR) is 44.8 cm³/mol. The largest absolute Gasteiger partial charge is 0.510 e. The molecule has 0 bridgehead atoms. The molecule has 0 unspecified atom stereocenters. The van der Waals surface area contributed by atoms with Crippen LogP contribution in [0.2, 0.25) is 0 Å². The molecule has 1 heterocycles. The molecule has 12 heavy (non-hydrogen) atoms. The van der Waals surface area contributed by atoms with Crippen LogP contribution in [0.1, 0.15) is 12.8 Å². The van der Waals surface area contributed by atoms with Gasteiger partial charge in [-0.3, -0.25) is 0 Å². The average Bonchev–Trinajstić information content (AvgIpc) is 2.09. The van der Waals surface area contributed by atoms with E-state index in [1.165, 1.54) is 6.08 Å². The fourth-order valence-corrected chi connectivity index (χ4v) is 1.33. The van der Waals surface area contributed by atoms with E-state index < -0.39 is 6.10 Å². The van der Waals surface area contributed by atoms with Crippen LogP contribution in [-0.2, 0) is 0 Å². The van der Waals surface area contributed by atoms with Crippen molar-refractivity contribution in [2.75, 3.05) is 13.2 Å². The summed E-state index contributed by atoms with van der Waals surface area (Å²) in [7, 11) is 0. The van der Waals surface area contributed by atoms with E-state index >= 15 is 0 Å². The fraction of sp³-hybridized carbons (Fsp3) is 0.750. The topological polar surface area (TPSA) is 72.7 Å². The summed E-state index contributed by atoms with van der Waals surface area (Å²) in [5.74, 6) is -0.0894. The molecule has 1 aliphatic heterocycles. The zero-order chi connectivity index (χ0) is 8.97. The second-order valence-electron chi connectivity index (χ2n) is 3.01. The summed E-state index contributed by atoms with van der Waals surface area (Å²) in [6, 6.07) is -0.217. The first-order chi connectivity index (χ1) is 5.74. The first kappa shape index (κ1) is 9.51. The Hall–Kier alpha value is -0.580. The van der Waals surface area contributed by atoms with Gasteiger partial charge in [0.2, 0.25) is 0 Å². The van der Waals surface area contributed by atoms with Crippen molar-refractivity contribution in [3.05, 3.63) is 11.8 Å². The number of rotatable bonds is 2. The van der Waals surface area contributed by atoms with E-state index in [-0.39, 0.29) is 18.4 Å². The lowest BCUT2D eigenvalue weighted by Gasteiger charge is -2.26. The Morgan fingerprint density at radius 1 is 1.58 bits per heavy atom. The van der Waals surface area contributed by atoms with E-state index in [4.69, 9.17) is 10.2 Å². The molecule has 0 saturated carbocycles. The molecule has 0 aromatic heterocycles. The smallest absolute Gasteiger partial charge is 0.115 e. The van der Waals surface area contributed by atoms with Gasteiger partial charge < -0.3 is 20.6 Å². The minimum absolute atomic E-state index is 0.0894. The van der Waals surface area contributed by atoms with Crippen LogP contribution < -0.4 is 5.32 Å². The maximum absolute atomic E-state index is 9.41. The van der Waals surface area contributed by atoms with Crippen LogP contribution in [0.5, 0.6) is 0 Å². The van der Waals surface area contributed by atoms with Gasteiger partial charge in [0, 0.05) is 0 Å². The SMILES string of the molecule is OC/C(O)=C/[C@H]1NCCC[C@H]1O. The lowest BCUT2D eigenvalue weighted by Crippen LogP contribution is -2.43. The molecule has 70 valence electrons. The summed E-state index contributed by atoms with van der Waals surface area (Å²) in [6.45, 7) is 0.474. The molecule has 0 aromatic carbocycles. The number of hydrogen-bond acceptors (Lipinski definition) is 4. The summed E-state index contributed by atoms with van der Waals surface area (Å²) in [5, 5.41) is 30.0. The molecule has 4 N–H and O–H groups in total. The van der Waals surface area contributed by atoms with Gasteiger partial charge in [0.1, 0.15) is 5.76 Å². The highest BCUT2D eigenvalue weighted by Gasteiger charge is 2.20. The van der Waals surface area contributed by atoms with Crippen LogP contribution in [0.3, 0.4) is 0 Å². The molecule has 0 spiro atoms. The van der Waals surface area contributed by atoms with E-state index in [2.05, 4.69) is 5.32 Å². The molecule has 1 fully saturated rings. The van der Waals surface area contributed by atoms with Crippen LogP contribution in [0.15, 0.2) is 11.8 Å². The third-order valence-electron chi connectivity index (χ3n) is 2.01. The Kier molecular flexibility index (Phi) is 3.52. The van der Waals surface area contributed by atoms with Gasteiger partial charge in [-0.15, -0.1) is 0 Å². The molecule has 4 heteroatoms. The Balaban J connectivity index is 2.48. The van der Waals surface area contributed by atoms with Crippen LogP contribution in [0, 0.1) is 0 Å². The Morgan fingerprint density at radius 3 is 2.92 bits per heavy atom. The van der Waals surface area contributed by atoms with Crippen molar-refractivity contribution < 1.29 is 15.3 Å². The maximum Gasteiger partial charge on any atom is 0.115 e. The molecule has 4 nitrogen and oxygen atoms in total. The number of nitrogens with one attached hydrogen (secondary N) is 1. The zero-order valence-corrected chi connectivity index (χ0v) is 6.90. The zero-order valence-electron chi connectivity index (χ0n) is 6.90. The van der Waals surface area contributed by atoms with Crippen molar-refractivity contribution >= 4 is 0 Å². The van der Waals surface area contributed by atoms with E-state index in [9.17, 15) is 5.11 Å². The van der Waals surface area contributed by atoms with Gasteiger partial charge in [0.05, 0.1) is 18.8 Å². The number of aliphatic hydroxyl groups is 3. The lowest BCUT2D eigenvalue weighted by atomic mass is 10.0. The monoisotopic (exact) mass is 173 g/mol. The summed E-state index contributed by atoms with van der Waals surface area (Å²) in [4.78, 5) is 0. The minimum Gasteiger partial charge on any atom is -0.510 e. The summed E-state index contributed by atoms with van der Waals surface area (Å²) in [6.07, 6.45) is 2.70. The first-order valence-corrected chi connectivity index (χ1v) is 4.16. The summed E-state index contributed by atoms with van der Waals surface area (Å²) in [5.41, 5.74) is 0. The highest BCUT2D eigenvalue weighted by Crippen LogP contribution is 2.10. The van der Waals surface area contributed by atoms with Crippen molar-refractivity contribution in [3.63, 3.8) is 0 Å². The summed E-state index contributed by atoms with van der Waals surface area (Å²) < 4.78 is 0. The molecule has 2 atom stereocenters. The molecule has 0 amide bonds. The van der Waals surface area contributed by atoms with Gasteiger partial charge in [-0.25, -0.2) is 0 Å². The van der Waals surface area contributed by atoms with Gasteiger partial charge in [0.25, 0.3) is 0 Å². The van der Waals surface area contributed by atoms with Gasteiger partial charge in [-0.05, 0) is 25.5 Å². The quantitative estimate of drug-likeness (QED) is 0.426. The molecule has 1 saturated heterocycles. The van der Waals surface area contributed by atoms with Gasteiger partial charge in [-0.1, -0.05) is 0 Å². The molecule has 1 rings (SSSR count). The van der Waals surface area contributed by atoms with E-state index in [0.29, 0.717) is 0 Å². The lowest BCUT2D eigenvalue weighted by molar-refractivity contribution is 0.112. The molecular weight excluding hydrogens is 158 g/mol. The Bertz CT molecular complexity index is 170. The van der Waals surface area contributed by atoms with Crippen molar-refractivity contribution in [3.8, 4) is 0 Å². The molecule has 0 aromatic rings. The first-order valence-electron chi connectivity index (χ1n) is 4.16. The van der Waals surface area contributed by atoms with E-state index in [0.717, 1.165) is 19.4 Å². The van der Waals surface area contributed by atoms with Crippen LogP contribution in [-0.4, -0.2) is 40.6 Å². The minimum atomic E-state index is -0.451. The van der Waals surface area contributed by atoms with E-state index in [1.54, 1.807) is 0 Å². The Labute approximate surface area is 71.5 Å². The van der Waals surface area contributed by atoms with Crippen molar-refractivity contribution in [2.24, 2.45) is 0 Å². The van der Waals surface area contributed by atoms with Gasteiger partial charge in [0.15, 0.2) is 0 Å². The highest BCUT2D eigenvalue weighted by atomic mass is 16.3. The summed E-state index contributed by atoms with van der Waals surface area (Å²) >= 11 is 0. The van der Waals surface area contributed by atoms with E-state index in [1.807, 2.05) is 0 Å². The molecule has 0 aliphatic carbocycles. The Morgan fingerprint density at radius 2 is 2.33 bits per heavy atom. The normalized spacial score (nSPS) is 32.0. The number of aliphatic hydroxyl groups excluding tert-OH is 3. The molecule has 1 aliphatic rings. The third kappa shape index (κ3) is 2.48. The number of piperidine rings is 1. The molecule has 0 radical (unpaired) electrons. The van der Waals surface area contributed by atoms with Crippen molar-refractivity contribution in [1.82, 2.24) is 5.32 Å². The maximum atomic E-state index is 9.41. The second-order valence-corrected chi connectivity index (χ2v) is 3.01. The van der Waals surface area contributed by atoms with Crippen LogP contribution >= 0.6 is 0 Å².